The van der Waals surface area contributed by atoms with Crippen LogP contribution in [0.2, 0.25) is 0 Å². The molecule has 11 nitrogen and oxygen atoms in total. The van der Waals surface area contributed by atoms with E-state index in [0.29, 0.717) is 5.92 Å². The second kappa shape index (κ2) is 32.7. The normalized spacial score (nSPS) is 11.7. The van der Waals surface area contributed by atoms with E-state index in [1.165, 1.54) is 57.1 Å². The topological polar surface area (TPSA) is 182 Å². The largest absolute Gasteiger partial charge is 0.469 e. The quantitative estimate of drug-likeness (QED) is 0.0694. The van der Waals surface area contributed by atoms with Gasteiger partial charge in [-0.05, 0) is 93.4 Å². The van der Waals surface area contributed by atoms with Crippen molar-refractivity contribution in [3.05, 3.63) is 0 Å². The van der Waals surface area contributed by atoms with Crippen LogP contribution in [0.15, 0.2) is 0 Å². The summed E-state index contributed by atoms with van der Waals surface area (Å²) in [4.78, 5) is 32.6. The zero-order valence-electron chi connectivity index (χ0n) is 33.9. The minimum Gasteiger partial charge on any atom is -0.324 e. The number of hydrogen-bond donors (Lipinski definition) is 5. The number of nitrogens with one attached hydrogen (secondary N) is 1. The maximum absolute atomic E-state index is 10.3. The molecule has 0 saturated carbocycles. The minimum atomic E-state index is -4.22. The predicted molar refractivity (Wildman–Crippen MR) is 211 cm³/mol. The van der Waals surface area contributed by atoms with E-state index in [0.717, 1.165) is 30.0 Å². The van der Waals surface area contributed by atoms with Crippen LogP contribution < -0.4 is 0 Å². The molecular formula is C34H85N2O9P2S+. The monoisotopic (exact) mass is 760 g/mol. The van der Waals surface area contributed by atoms with E-state index < -0.39 is 37.0 Å². The zero-order chi connectivity index (χ0) is 39.6. The SMILES string of the molecule is C.CC(=N)CC(C)C.CC(C)OP(=O)(O)O.CC(C)P(=O)(O)O.CC(C)S(C)(=O)=O.CCC(CC)C(C)C.CC[N+](CC)(CC)C(C)C. The van der Waals surface area contributed by atoms with Crippen LogP contribution in [0.25, 0.3) is 0 Å². The van der Waals surface area contributed by atoms with Crippen LogP contribution in [-0.2, 0) is 23.5 Å². The Hall–Kier alpha value is -0.160. The summed E-state index contributed by atoms with van der Waals surface area (Å²) >= 11 is 0. The minimum absolute atomic E-state index is 0. The molecule has 0 fully saturated rings. The van der Waals surface area contributed by atoms with Gasteiger partial charge in [0, 0.05) is 12.0 Å². The molecule has 300 valence electrons. The van der Waals surface area contributed by atoms with Gasteiger partial charge in [-0.2, -0.15) is 0 Å². The molecule has 0 unspecified atom stereocenters. The molecule has 0 aromatic rings. The average Bonchev–Trinajstić information content (AvgIpc) is 2.84. The Balaban J connectivity index is -0.0000000841. The highest BCUT2D eigenvalue weighted by molar-refractivity contribution is 7.91. The molecule has 0 aliphatic heterocycles. The highest BCUT2D eigenvalue weighted by Gasteiger charge is 2.24. The number of phosphoric acid groups is 1. The third kappa shape index (κ3) is 48.0. The van der Waals surface area contributed by atoms with Crippen molar-refractivity contribution in [3.8, 4) is 0 Å². The van der Waals surface area contributed by atoms with Gasteiger partial charge in [0.2, 0.25) is 0 Å². The first-order valence-electron chi connectivity index (χ1n) is 17.2. The van der Waals surface area contributed by atoms with E-state index >= 15 is 0 Å². The maximum Gasteiger partial charge on any atom is 0.469 e. The second-order valence-electron chi connectivity index (χ2n) is 13.7. The number of quaternary nitrogens is 1. The lowest BCUT2D eigenvalue weighted by molar-refractivity contribution is -0.943. The zero-order valence-corrected chi connectivity index (χ0v) is 36.5. The van der Waals surface area contributed by atoms with E-state index in [9.17, 15) is 17.5 Å². The molecule has 0 aliphatic carbocycles. The van der Waals surface area contributed by atoms with Crippen LogP contribution in [0.3, 0.4) is 0 Å². The van der Waals surface area contributed by atoms with E-state index in [4.69, 9.17) is 25.0 Å². The van der Waals surface area contributed by atoms with E-state index in [-0.39, 0.29) is 12.7 Å². The molecule has 0 spiro atoms. The summed E-state index contributed by atoms with van der Waals surface area (Å²) < 4.78 is 46.0. The van der Waals surface area contributed by atoms with Crippen molar-refractivity contribution in [1.29, 1.82) is 5.41 Å². The van der Waals surface area contributed by atoms with Crippen LogP contribution in [0.5, 0.6) is 0 Å². The summed E-state index contributed by atoms with van der Waals surface area (Å²) in [6.45, 7) is 39.9. The molecule has 0 aromatic carbocycles. The lowest BCUT2D eigenvalue weighted by atomic mass is 9.91. The van der Waals surface area contributed by atoms with Crippen molar-refractivity contribution < 1.29 is 46.1 Å². The number of phosphoric ester groups is 1. The highest BCUT2D eigenvalue weighted by Crippen LogP contribution is 2.40. The predicted octanol–water partition coefficient (Wildman–Crippen LogP) is 9.57. The number of hydrogen-bond acceptors (Lipinski definition) is 6. The molecule has 0 atom stereocenters. The molecule has 5 N–H and O–H groups in total. The third-order valence-electron chi connectivity index (χ3n) is 7.57. The van der Waals surface area contributed by atoms with Crippen LogP contribution in [-0.4, -0.2) is 87.1 Å². The van der Waals surface area contributed by atoms with Gasteiger partial charge in [0.15, 0.2) is 0 Å². The maximum atomic E-state index is 10.3. The van der Waals surface area contributed by atoms with Gasteiger partial charge >= 0.3 is 15.4 Å². The fourth-order valence-corrected chi connectivity index (χ4v) is 4.43. The molecule has 0 rings (SSSR count). The lowest BCUT2D eigenvalue weighted by Crippen LogP contribution is -2.52. The molecule has 0 bridgehead atoms. The molecule has 48 heavy (non-hydrogen) atoms. The van der Waals surface area contributed by atoms with E-state index in [1.807, 2.05) is 6.92 Å². The Labute approximate surface area is 299 Å². The van der Waals surface area contributed by atoms with Crippen molar-refractivity contribution >= 4 is 31.0 Å². The fraction of sp³-hybridized carbons (Fsp3) is 0.971. The average molecular weight is 760 g/mol. The molecule has 0 aliphatic rings. The van der Waals surface area contributed by atoms with Gasteiger partial charge in [0.05, 0.1) is 42.7 Å². The Morgan fingerprint density at radius 1 is 0.750 bits per heavy atom. The van der Waals surface area contributed by atoms with Crippen LogP contribution >= 0.6 is 15.4 Å². The Kier molecular flexibility index (Phi) is 42.9. The van der Waals surface area contributed by atoms with Gasteiger partial charge in [0.25, 0.3) is 0 Å². The molecule has 0 radical (unpaired) electrons. The smallest absolute Gasteiger partial charge is 0.324 e. The first-order chi connectivity index (χ1) is 20.8. The standard InChI is InChI=1S/C9H22N.C8H18.C6H13N.C4H10O2S.C3H9O4P.C3H9O3P.CH4/c1-6-10(7-2,8-3)9(4)5;1-5-8(6-2)7(3)4;1-5(2)4-6(3)7;1-4(2)7(3,5)6;1-3(2)7-8(4,5)6;1-3(2)7(4,5)6;/h9H,6-8H2,1-5H3;7-8H,5-6H2,1-4H3;5,7H,4H2,1-3H3;4H,1-3H3;3H,1-2H3,(H2,4,5,6);3H,1-2H3,(H2,4,5,6);1H4/q+1;;;;;;. The molecule has 14 heteroatoms. The van der Waals surface area contributed by atoms with E-state index in [1.54, 1.807) is 27.7 Å². The number of sulfone groups is 1. The summed E-state index contributed by atoms with van der Waals surface area (Å²) in [7, 11) is -10.7. The fourth-order valence-electron chi connectivity index (χ4n) is 3.88. The Morgan fingerprint density at radius 2 is 1.04 bits per heavy atom. The van der Waals surface area contributed by atoms with Crippen molar-refractivity contribution in [2.45, 2.75) is 174 Å². The summed E-state index contributed by atoms with van der Waals surface area (Å²) in [6, 6.07) is 0.778. The summed E-state index contributed by atoms with van der Waals surface area (Å²) in [5.41, 5.74) is 0.252. The van der Waals surface area contributed by atoms with Crippen LogP contribution in [0.4, 0.5) is 0 Å². The summed E-state index contributed by atoms with van der Waals surface area (Å²) in [6.07, 6.45) is 4.44. The number of rotatable bonds is 13. The van der Waals surface area contributed by atoms with Gasteiger partial charge in [-0.15, -0.1) is 0 Å². The molecule has 0 amide bonds. The Morgan fingerprint density at radius 3 is 1.04 bits per heavy atom. The van der Waals surface area contributed by atoms with Crippen molar-refractivity contribution in [3.63, 3.8) is 0 Å². The molecule has 0 saturated heterocycles. The lowest BCUT2D eigenvalue weighted by Gasteiger charge is -2.39. The summed E-state index contributed by atoms with van der Waals surface area (Å²) in [5.74, 6) is 2.48. The van der Waals surface area contributed by atoms with Crippen molar-refractivity contribution in [2.24, 2.45) is 17.8 Å². The highest BCUT2D eigenvalue weighted by atomic mass is 32.2. The van der Waals surface area contributed by atoms with Gasteiger partial charge in [-0.25, -0.2) is 13.0 Å². The van der Waals surface area contributed by atoms with Gasteiger partial charge in [0.1, 0.15) is 9.84 Å². The van der Waals surface area contributed by atoms with Gasteiger partial charge in [-0.1, -0.05) is 75.7 Å². The van der Waals surface area contributed by atoms with Crippen molar-refractivity contribution in [1.82, 2.24) is 0 Å². The first kappa shape index (κ1) is 62.9. The number of nitrogens with zero attached hydrogens (tertiary/aromatic N) is 1. The van der Waals surface area contributed by atoms with Gasteiger partial charge in [-0.3, -0.25) is 9.09 Å². The van der Waals surface area contributed by atoms with Crippen molar-refractivity contribution in [2.75, 3.05) is 25.9 Å². The first-order valence-corrected chi connectivity index (χ1v) is 22.3. The second-order valence-corrected chi connectivity index (χ2v) is 19.7. The third-order valence-corrected chi connectivity index (χ3v) is 11.3. The molecule has 0 aromatic heterocycles. The molecule has 0 heterocycles. The Bertz CT molecular complexity index is 913. The van der Waals surface area contributed by atoms with Gasteiger partial charge < -0.3 is 29.5 Å². The van der Waals surface area contributed by atoms with Crippen LogP contribution in [0, 0.1) is 23.2 Å². The molecular weight excluding hydrogens is 674 g/mol. The van der Waals surface area contributed by atoms with E-state index in [2.05, 4.69) is 80.7 Å². The van der Waals surface area contributed by atoms with Crippen LogP contribution in [0.1, 0.15) is 151 Å². The summed E-state index contributed by atoms with van der Waals surface area (Å²) in [5, 5.41) is 6.80.